The van der Waals surface area contributed by atoms with Gasteiger partial charge in [0.1, 0.15) is 10.9 Å². The number of aromatic nitrogens is 1. The average molecular weight is 376 g/mol. The molecule has 9 heteroatoms. The molecule has 7 nitrogen and oxygen atoms in total. The number of rotatable bonds is 4. The Morgan fingerprint density at radius 1 is 1.20 bits per heavy atom. The number of hydrogen-bond donors (Lipinski definition) is 1. The topological polar surface area (TPSA) is 103 Å². The van der Waals surface area contributed by atoms with Crippen LogP contribution in [0.5, 0.6) is 0 Å². The molecule has 0 radical (unpaired) electrons. The molecule has 0 bridgehead atoms. The van der Waals surface area contributed by atoms with Crippen LogP contribution in [0.2, 0.25) is 0 Å². The fourth-order valence-corrected chi connectivity index (χ4v) is 4.71. The fourth-order valence-electron chi connectivity index (χ4n) is 2.59. The molecule has 0 aliphatic carbocycles. The third-order valence-electron chi connectivity index (χ3n) is 3.91. The van der Waals surface area contributed by atoms with Gasteiger partial charge in [-0.3, -0.25) is 10.1 Å². The summed E-state index contributed by atoms with van der Waals surface area (Å²) < 4.78 is 26.7. The highest BCUT2D eigenvalue weighted by Gasteiger charge is 2.25. The van der Waals surface area contributed by atoms with Crippen molar-refractivity contribution < 1.29 is 13.2 Å². The third-order valence-corrected chi connectivity index (χ3v) is 6.64. The van der Waals surface area contributed by atoms with Gasteiger partial charge in [0.2, 0.25) is 10.0 Å². The normalized spacial score (nSPS) is 15.5. The van der Waals surface area contributed by atoms with Crippen molar-refractivity contribution in [1.29, 1.82) is 5.26 Å². The fraction of sp³-hybridized carbons (Fsp3) is 0.312. The van der Waals surface area contributed by atoms with Gasteiger partial charge in [0.25, 0.3) is 5.91 Å². The Kier molecular flexibility index (Phi) is 5.13. The Balaban J connectivity index is 1.73. The van der Waals surface area contributed by atoms with E-state index < -0.39 is 15.9 Å². The Hall–Kier alpha value is -2.28. The van der Waals surface area contributed by atoms with Gasteiger partial charge in [0, 0.05) is 18.7 Å². The van der Waals surface area contributed by atoms with E-state index in [9.17, 15) is 13.2 Å². The minimum atomic E-state index is -3.51. The zero-order valence-electron chi connectivity index (χ0n) is 13.3. The lowest BCUT2D eigenvalue weighted by atomic mass is 10.2. The molecule has 2 heterocycles. The number of amides is 1. The second-order valence-corrected chi connectivity index (χ2v) is 8.55. The van der Waals surface area contributed by atoms with E-state index in [2.05, 4.69) is 10.3 Å². The lowest BCUT2D eigenvalue weighted by Gasteiger charge is -2.25. The Bertz CT molecular complexity index is 908. The van der Waals surface area contributed by atoms with Crippen LogP contribution in [0.15, 0.2) is 35.4 Å². The van der Waals surface area contributed by atoms with Crippen molar-refractivity contribution in [2.24, 2.45) is 0 Å². The number of nitriles is 1. The van der Waals surface area contributed by atoms with Crippen molar-refractivity contribution in [2.75, 3.05) is 18.4 Å². The first-order valence-electron chi connectivity index (χ1n) is 7.78. The minimum absolute atomic E-state index is 0.187. The molecule has 1 amide bonds. The van der Waals surface area contributed by atoms with E-state index >= 15 is 0 Å². The van der Waals surface area contributed by atoms with Crippen LogP contribution in [0.4, 0.5) is 5.13 Å². The van der Waals surface area contributed by atoms with Crippen molar-refractivity contribution in [3.05, 3.63) is 40.9 Å². The number of nitrogens with one attached hydrogen (secondary N) is 1. The van der Waals surface area contributed by atoms with Gasteiger partial charge in [-0.15, -0.1) is 0 Å². The number of carbonyl (C=O) groups is 1. The Morgan fingerprint density at radius 2 is 1.88 bits per heavy atom. The molecule has 0 spiro atoms. The van der Waals surface area contributed by atoms with Gasteiger partial charge < -0.3 is 0 Å². The van der Waals surface area contributed by atoms with Gasteiger partial charge in [0.15, 0.2) is 5.13 Å². The second kappa shape index (κ2) is 7.31. The van der Waals surface area contributed by atoms with Crippen molar-refractivity contribution >= 4 is 32.4 Å². The Labute approximate surface area is 150 Å². The number of nitrogens with zero attached hydrogens (tertiary/aromatic N) is 3. The largest absolute Gasteiger partial charge is 0.298 e. The number of thiazole rings is 1. The van der Waals surface area contributed by atoms with E-state index in [0.29, 0.717) is 28.7 Å². The highest BCUT2D eigenvalue weighted by atomic mass is 32.2. The van der Waals surface area contributed by atoms with Gasteiger partial charge in [-0.25, -0.2) is 13.4 Å². The van der Waals surface area contributed by atoms with E-state index in [1.165, 1.54) is 34.8 Å². The summed E-state index contributed by atoms with van der Waals surface area (Å²) >= 11 is 1.08. The van der Waals surface area contributed by atoms with E-state index in [4.69, 9.17) is 5.26 Å². The van der Waals surface area contributed by atoms with Crippen LogP contribution in [-0.4, -0.2) is 36.7 Å². The van der Waals surface area contributed by atoms with Crippen LogP contribution >= 0.6 is 11.3 Å². The summed E-state index contributed by atoms with van der Waals surface area (Å²) in [6.07, 6.45) is 4.18. The number of anilines is 1. The molecule has 1 aromatic heterocycles. The number of carbonyl (C=O) groups excluding carboxylic acids is 1. The third kappa shape index (κ3) is 3.87. The highest BCUT2D eigenvalue weighted by Crippen LogP contribution is 2.22. The average Bonchev–Trinajstić information content (AvgIpc) is 3.10. The van der Waals surface area contributed by atoms with Crippen LogP contribution in [0.1, 0.15) is 34.5 Å². The maximum absolute atomic E-state index is 12.6. The maximum atomic E-state index is 12.6. The lowest BCUT2D eigenvalue weighted by molar-refractivity contribution is 0.102. The number of benzene rings is 1. The maximum Gasteiger partial charge on any atom is 0.257 e. The van der Waals surface area contributed by atoms with Crippen molar-refractivity contribution in [3.8, 4) is 6.07 Å². The second-order valence-electron chi connectivity index (χ2n) is 5.58. The molecule has 1 aromatic carbocycles. The molecule has 3 rings (SSSR count). The van der Waals surface area contributed by atoms with E-state index in [-0.39, 0.29) is 4.90 Å². The van der Waals surface area contributed by atoms with E-state index in [1.54, 1.807) is 0 Å². The molecule has 1 aliphatic heterocycles. The van der Waals surface area contributed by atoms with Crippen molar-refractivity contribution in [3.63, 3.8) is 0 Å². The van der Waals surface area contributed by atoms with Gasteiger partial charge in [-0.2, -0.15) is 9.57 Å². The molecular formula is C16H16N4O3S2. The first-order chi connectivity index (χ1) is 12.0. The summed E-state index contributed by atoms with van der Waals surface area (Å²) in [7, 11) is -3.51. The molecule has 2 aromatic rings. The number of piperidine rings is 1. The van der Waals surface area contributed by atoms with E-state index in [0.717, 1.165) is 30.6 Å². The quantitative estimate of drug-likeness (QED) is 0.883. The molecule has 1 fully saturated rings. The molecule has 0 unspecified atom stereocenters. The van der Waals surface area contributed by atoms with Crippen LogP contribution in [0.25, 0.3) is 0 Å². The summed E-state index contributed by atoms with van der Waals surface area (Å²) in [6, 6.07) is 7.79. The summed E-state index contributed by atoms with van der Waals surface area (Å²) in [5.41, 5.74) is 0.325. The molecule has 1 saturated heterocycles. The SMILES string of the molecule is N#Cc1cnc(NC(=O)c2ccc(S(=O)(=O)N3CCCCC3)cc2)s1. The van der Waals surface area contributed by atoms with Crippen LogP contribution < -0.4 is 5.32 Å². The first kappa shape index (κ1) is 17.5. The molecule has 25 heavy (non-hydrogen) atoms. The van der Waals surface area contributed by atoms with Gasteiger partial charge in [-0.05, 0) is 37.1 Å². The summed E-state index contributed by atoms with van der Waals surface area (Å²) in [4.78, 5) is 16.7. The molecule has 0 atom stereocenters. The Morgan fingerprint density at radius 3 is 2.48 bits per heavy atom. The van der Waals surface area contributed by atoms with Gasteiger partial charge in [-0.1, -0.05) is 17.8 Å². The highest BCUT2D eigenvalue weighted by molar-refractivity contribution is 7.89. The summed E-state index contributed by atoms with van der Waals surface area (Å²) in [5, 5.41) is 11.7. The smallest absolute Gasteiger partial charge is 0.257 e. The van der Waals surface area contributed by atoms with Crippen molar-refractivity contribution in [1.82, 2.24) is 9.29 Å². The van der Waals surface area contributed by atoms with Crippen LogP contribution in [0.3, 0.4) is 0 Å². The monoisotopic (exact) mass is 376 g/mol. The standard InChI is InChI=1S/C16H16N4O3S2/c17-10-13-11-18-16(24-13)19-15(21)12-4-6-14(7-5-12)25(22,23)20-8-2-1-3-9-20/h4-7,11H,1-3,8-9H2,(H,18,19,21). The summed E-state index contributed by atoms with van der Waals surface area (Å²) in [6.45, 7) is 1.08. The predicted molar refractivity (Wildman–Crippen MR) is 93.8 cm³/mol. The molecule has 0 saturated carbocycles. The molecule has 130 valence electrons. The predicted octanol–water partition coefficient (Wildman–Crippen LogP) is 2.44. The zero-order valence-corrected chi connectivity index (χ0v) is 14.9. The van der Waals surface area contributed by atoms with Gasteiger partial charge in [0.05, 0.1) is 11.1 Å². The zero-order chi connectivity index (χ0) is 17.9. The summed E-state index contributed by atoms with van der Waals surface area (Å²) in [5.74, 6) is -0.402. The first-order valence-corrected chi connectivity index (χ1v) is 10.0. The van der Waals surface area contributed by atoms with Crippen LogP contribution in [0, 0.1) is 11.3 Å². The van der Waals surface area contributed by atoms with Crippen LogP contribution in [-0.2, 0) is 10.0 Å². The molecule has 1 N–H and O–H groups in total. The lowest BCUT2D eigenvalue weighted by Crippen LogP contribution is -2.35. The van der Waals surface area contributed by atoms with Gasteiger partial charge >= 0.3 is 0 Å². The molecular weight excluding hydrogens is 360 g/mol. The van der Waals surface area contributed by atoms with E-state index in [1.807, 2.05) is 6.07 Å². The number of sulfonamides is 1. The minimum Gasteiger partial charge on any atom is -0.298 e. The number of hydrogen-bond acceptors (Lipinski definition) is 6. The molecule has 1 aliphatic rings. The van der Waals surface area contributed by atoms with Crippen molar-refractivity contribution in [2.45, 2.75) is 24.2 Å².